The van der Waals surface area contributed by atoms with Gasteiger partial charge in [-0.1, -0.05) is 11.6 Å². The molecule has 0 unspecified atom stereocenters. The number of carbonyl (C=O) groups excluding carboxylic acids is 1. The Kier molecular flexibility index (Phi) is 3.29. The molecule has 0 amide bonds. The second-order valence-electron chi connectivity index (χ2n) is 3.97. The average Bonchev–Trinajstić information content (AvgIpc) is 2.06. The van der Waals surface area contributed by atoms with Crippen molar-refractivity contribution in [2.24, 2.45) is 0 Å². The first kappa shape index (κ1) is 11.9. The first-order chi connectivity index (χ1) is 6.79. The van der Waals surface area contributed by atoms with Gasteiger partial charge in [0.05, 0.1) is 0 Å². The van der Waals surface area contributed by atoms with Gasteiger partial charge in [0, 0.05) is 0 Å². The normalized spacial score (nSPS) is 11.3. The number of nitrogens with zero attached hydrogens (tertiary/aromatic N) is 1. The number of rotatable bonds is 1. The topological polar surface area (TPSA) is 39.2 Å². The van der Waals surface area contributed by atoms with E-state index in [2.05, 4.69) is 4.98 Å². The Balaban J connectivity index is 2.88. The van der Waals surface area contributed by atoms with E-state index in [4.69, 9.17) is 16.3 Å². The number of aromatic nitrogens is 1. The van der Waals surface area contributed by atoms with Gasteiger partial charge in [0.15, 0.2) is 11.0 Å². The van der Waals surface area contributed by atoms with E-state index in [0.29, 0.717) is 0 Å². The monoisotopic (exact) mass is 231 g/mol. The summed E-state index contributed by atoms with van der Waals surface area (Å²) in [4.78, 5) is 15.0. The lowest BCUT2D eigenvalue weighted by Crippen LogP contribution is -2.24. The van der Waals surface area contributed by atoms with Crippen LogP contribution in [0.25, 0.3) is 0 Å². The highest BCUT2D eigenvalue weighted by Gasteiger charge is 2.19. The second kappa shape index (κ2) is 4.14. The predicted molar refractivity (Wildman–Crippen MR) is 54.4 cm³/mol. The molecule has 0 radical (unpaired) electrons. The van der Waals surface area contributed by atoms with Crippen molar-refractivity contribution in [1.82, 2.24) is 4.98 Å². The highest BCUT2D eigenvalue weighted by molar-refractivity contribution is 6.29. The molecule has 5 heteroatoms. The fourth-order valence-corrected chi connectivity index (χ4v) is 1.02. The molecule has 3 nitrogen and oxygen atoms in total. The van der Waals surface area contributed by atoms with Crippen molar-refractivity contribution in [2.45, 2.75) is 26.4 Å². The van der Waals surface area contributed by atoms with E-state index in [1.165, 1.54) is 6.07 Å². The lowest BCUT2D eigenvalue weighted by Gasteiger charge is -2.18. The largest absolute Gasteiger partial charge is 0.455 e. The summed E-state index contributed by atoms with van der Waals surface area (Å²) < 4.78 is 17.8. The third-order valence-corrected chi connectivity index (χ3v) is 1.68. The van der Waals surface area contributed by atoms with Gasteiger partial charge in [0.25, 0.3) is 0 Å². The maximum atomic E-state index is 12.8. The molecule has 82 valence electrons. The minimum absolute atomic E-state index is 0.00340. The molecule has 0 fully saturated rings. The average molecular weight is 232 g/mol. The highest BCUT2D eigenvalue weighted by atomic mass is 35.5. The first-order valence-corrected chi connectivity index (χ1v) is 4.73. The van der Waals surface area contributed by atoms with Crippen molar-refractivity contribution >= 4 is 17.6 Å². The quantitative estimate of drug-likeness (QED) is 0.551. The summed E-state index contributed by atoms with van der Waals surface area (Å²) in [6, 6.07) is 2.31. The standard InChI is InChI=1S/C10H11ClFNO2/c1-10(2,3)15-9(14)7-5-4-6(12)8(11)13-7/h4-5H,1-3H3. The van der Waals surface area contributed by atoms with Crippen LogP contribution in [0.15, 0.2) is 12.1 Å². The molecule has 0 atom stereocenters. The van der Waals surface area contributed by atoms with Crippen molar-refractivity contribution in [1.29, 1.82) is 0 Å². The fourth-order valence-electron chi connectivity index (χ4n) is 0.861. The molecular weight excluding hydrogens is 221 g/mol. The minimum Gasteiger partial charge on any atom is -0.455 e. The summed E-state index contributed by atoms with van der Waals surface area (Å²) in [5, 5.41) is -0.335. The smallest absolute Gasteiger partial charge is 0.357 e. The highest BCUT2D eigenvalue weighted by Crippen LogP contribution is 2.15. The van der Waals surface area contributed by atoms with Gasteiger partial charge in [-0.15, -0.1) is 0 Å². The molecule has 0 saturated heterocycles. The number of ether oxygens (including phenoxy) is 1. The van der Waals surface area contributed by atoms with E-state index >= 15 is 0 Å². The van der Waals surface area contributed by atoms with Gasteiger partial charge in [0.2, 0.25) is 0 Å². The van der Waals surface area contributed by atoms with Crippen LogP contribution in [-0.4, -0.2) is 16.6 Å². The zero-order valence-electron chi connectivity index (χ0n) is 8.67. The maximum Gasteiger partial charge on any atom is 0.357 e. The van der Waals surface area contributed by atoms with Crippen LogP contribution in [0.5, 0.6) is 0 Å². The van der Waals surface area contributed by atoms with Gasteiger partial charge >= 0.3 is 5.97 Å². The fraction of sp³-hybridized carbons (Fsp3) is 0.400. The van der Waals surface area contributed by atoms with Crippen LogP contribution < -0.4 is 0 Å². The van der Waals surface area contributed by atoms with E-state index in [0.717, 1.165) is 6.07 Å². The Bertz CT molecular complexity index is 387. The summed E-state index contributed by atoms with van der Waals surface area (Å²) in [5.74, 6) is -1.28. The summed E-state index contributed by atoms with van der Waals surface area (Å²) in [6.07, 6.45) is 0. The van der Waals surface area contributed by atoms with Crippen molar-refractivity contribution in [2.75, 3.05) is 0 Å². The molecule has 1 rings (SSSR count). The number of esters is 1. The first-order valence-electron chi connectivity index (χ1n) is 4.35. The van der Waals surface area contributed by atoms with Crippen molar-refractivity contribution in [3.8, 4) is 0 Å². The Morgan fingerprint density at radius 3 is 2.53 bits per heavy atom. The molecule has 0 aliphatic carbocycles. The third-order valence-electron chi connectivity index (χ3n) is 1.41. The van der Waals surface area contributed by atoms with Crippen LogP contribution >= 0.6 is 11.6 Å². The van der Waals surface area contributed by atoms with Crippen LogP contribution in [0.2, 0.25) is 5.15 Å². The Labute approximate surface area is 92.2 Å². The Morgan fingerprint density at radius 2 is 2.07 bits per heavy atom. The van der Waals surface area contributed by atoms with Crippen LogP contribution in [0, 0.1) is 5.82 Å². The van der Waals surface area contributed by atoms with Crippen LogP contribution in [-0.2, 0) is 4.74 Å². The molecule has 0 aliphatic heterocycles. The minimum atomic E-state index is -0.663. The Hall–Kier alpha value is -1.16. The van der Waals surface area contributed by atoms with Gasteiger partial charge < -0.3 is 4.74 Å². The summed E-state index contributed by atoms with van der Waals surface area (Å²) in [6.45, 7) is 5.20. The number of carbonyl (C=O) groups is 1. The van der Waals surface area contributed by atoms with E-state index in [1.807, 2.05) is 0 Å². The van der Waals surface area contributed by atoms with Crippen LogP contribution in [0.1, 0.15) is 31.3 Å². The van der Waals surface area contributed by atoms with E-state index < -0.39 is 17.4 Å². The van der Waals surface area contributed by atoms with Gasteiger partial charge in [-0.3, -0.25) is 0 Å². The molecule has 0 spiro atoms. The molecule has 0 bridgehead atoms. The van der Waals surface area contributed by atoms with Crippen molar-refractivity contribution in [3.05, 3.63) is 28.8 Å². The molecule has 1 aromatic heterocycles. The molecule has 1 heterocycles. The zero-order valence-corrected chi connectivity index (χ0v) is 9.43. The molecule has 0 aliphatic rings. The maximum absolute atomic E-state index is 12.8. The number of halogens is 2. The Morgan fingerprint density at radius 1 is 1.47 bits per heavy atom. The number of hydrogen-bond acceptors (Lipinski definition) is 3. The van der Waals surface area contributed by atoms with E-state index in [9.17, 15) is 9.18 Å². The molecule has 1 aromatic rings. The number of hydrogen-bond donors (Lipinski definition) is 0. The van der Waals surface area contributed by atoms with Gasteiger partial charge in [-0.25, -0.2) is 14.2 Å². The second-order valence-corrected chi connectivity index (χ2v) is 4.33. The summed E-state index contributed by atoms with van der Waals surface area (Å²) in [5.41, 5.74) is -0.615. The lowest BCUT2D eigenvalue weighted by molar-refractivity contribution is 0.00628. The third kappa shape index (κ3) is 3.47. The number of pyridine rings is 1. The van der Waals surface area contributed by atoms with E-state index in [-0.39, 0.29) is 10.8 Å². The molecular formula is C10H11ClFNO2. The SMILES string of the molecule is CC(C)(C)OC(=O)c1ccc(F)c(Cl)n1. The molecule has 0 saturated carbocycles. The van der Waals surface area contributed by atoms with Crippen LogP contribution in [0.4, 0.5) is 4.39 Å². The molecule has 15 heavy (non-hydrogen) atoms. The predicted octanol–water partition coefficient (Wildman–Crippen LogP) is 2.83. The zero-order chi connectivity index (χ0) is 11.6. The summed E-state index contributed by atoms with van der Waals surface area (Å²) >= 11 is 5.44. The van der Waals surface area contributed by atoms with E-state index in [1.54, 1.807) is 20.8 Å². The molecule has 0 aromatic carbocycles. The summed E-state index contributed by atoms with van der Waals surface area (Å²) in [7, 11) is 0. The molecule has 0 N–H and O–H groups in total. The van der Waals surface area contributed by atoms with Gasteiger partial charge in [0.1, 0.15) is 11.3 Å². The van der Waals surface area contributed by atoms with Gasteiger partial charge in [-0.2, -0.15) is 0 Å². The lowest BCUT2D eigenvalue weighted by atomic mass is 10.2. The van der Waals surface area contributed by atoms with Crippen LogP contribution in [0.3, 0.4) is 0 Å². The van der Waals surface area contributed by atoms with Crippen molar-refractivity contribution in [3.63, 3.8) is 0 Å². The van der Waals surface area contributed by atoms with Gasteiger partial charge in [-0.05, 0) is 32.9 Å². The van der Waals surface area contributed by atoms with Crippen molar-refractivity contribution < 1.29 is 13.9 Å².